The highest BCUT2D eigenvalue weighted by atomic mass is 32.1. The highest BCUT2D eigenvalue weighted by Crippen LogP contribution is 2.25. The molecule has 1 saturated heterocycles. The number of aryl methyl sites for hydroxylation is 1. The van der Waals surface area contributed by atoms with Crippen LogP contribution in [0.1, 0.15) is 30.4 Å². The third kappa shape index (κ3) is 4.08. The minimum Gasteiger partial charge on any atom is -0.481 e. The van der Waals surface area contributed by atoms with Crippen molar-refractivity contribution in [2.75, 3.05) is 20.2 Å². The molecule has 1 fully saturated rings. The average molecular weight is 316 g/mol. The van der Waals surface area contributed by atoms with Gasteiger partial charge in [0.15, 0.2) is 0 Å². The monoisotopic (exact) mass is 316 g/mol. The first-order chi connectivity index (χ1) is 10.8. The summed E-state index contributed by atoms with van der Waals surface area (Å²) in [6.07, 6.45) is 6.99. The molecule has 0 spiro atoms. The fourth-order valence-electron chi connectivity index (χ4n) is 3.21. The van der Waals surface area contributed by atoms with Crippen LogP contribution in [0.15, 0.2) is 35.2 Å². The molecule has 4 heteroatoms. The molecule has 0 aliphatic carbocycles. The van der Waals surface area contributed by atoms with Crippen LogP contribution in [0.2, 0.25) is 0 Å². The smallest absolute Gasteiger partial charge is 0.217 e. The zero-order valence-corrected chi connectivity index (χ0v) is 14.0. The lowest BCUT2D eigenvalue weighted by Gasteiger charge is -2.32. The van der Waals surface area contributed by atoms with E-state index >= 15 is 0 Å². The first-order valence-corrected chi connectivity index (χ1v) is 9.00. The molecule has 118 valence electrons. The lowest BCUT2D eigenvalue weighted by atomic mass is 9.91. The van der Waals surface area contributed by atoms with Gasteiger partial charge in [-0.3, -0.25) is 4.90 Å². The Labute approximate surface area is 137 Å². The minimum atomic E-state index is 0.766. The highest BCUT2D eigenvalue weighted by molar-refractivity contribution is 7.07. The zero-order chi connectivity index (χ0) is 15.2. The molecule has 0 N–H and O–H groups in total. The van der Waals surface area contributed by atoms with Crippen LogP contribution in [0.5, 0.6) is 5.88 Å². The average Bonchev–Trinajstić information content (AvgIpc) is 3.08. The molecule has 0 unspecified atom stereocenters. The molecule has 1 aliphatic heterocycles. The molecule has 0 bridgehead atoms. The largest absolute Gasteiger partial charge is 0.481 e. The van der Waals surface area contributed by atoms with Crippen LogP contribution in [0.25, 0.3) is 0 Å². The number of nitrogens with zero attached hydrogens (tertiary/aromatic N) is 2. The van der Waals surface area contributed by atoms with Crippen molar-refractivity contribution < 1.29 is 4.74 Å². The second-order valence-electron chi connectivity index (χ2n) is 6.06. The third-order valence-corrected chi connectivity index (χ3v) is 5.30. The molecule has 2 aromatic rings. The Kier molecular flexibility index (Phi) is 5.46. The molecule has 3 heterocycles. The van der Waals surface area contributed by atoms with E-state index in [4.69, 9.17) is 4.74 Å². The summed E-state index contributed by atoms with van der Waals surface area (Å²) in [5.41, 5.74) is 2.70. The van der Waals surface area contributed by atoms with Crippen molar-refractivity contribution in [1.29, 1.82) is 0 Å². The second-order valence-corrected chi connectivity index (χ2v) is 6.84. The number of pyridine rings is 1. The van der Waals surface area contributed by atoms with Gasteiger partial charge in [0.05, 0.1) is 7.11 Å². The van der Waals surface area contributed by atoms with E-state index in [0.717, 1.165) is 18.3 Å². The van der Waals surface area contributed by atoms with Gasteiger partial charge in [-0.15, -0.1) is 0 Å². The molecule has 2 aromatic heterocycles. The second kappa shape index (κ2) is 7.75. The summed E-state index contributed by atoms with van der Waals surface area (Å²) in [4.78, 5) is 6.82. The zero-order valence-electron chi connectivity index (χ0n) is 13.2. The molecule has 0 amide bonds. The van der Waals surface area contributed by atoms with Crippen molar-refractivity contribution >= 4 is 11.3 Å². The summed E-state index contributed by atoms with van der Waals surface area (Å²) >= 11 is 1.81. The van der Waals surface area contributed by atoms with Crippen LogP contribution >= 0.6 is 11.3 Å². The summed E-state index contributed by atoms with van der Waals surface area (Å²) in [5, 5.41) is 4.46. The van der Waals surface area contributed by atoms with Crippen molar-refractivity contribution in [2.45, 2.75) is 32.2 Å². The van der Waals surface area contributed by atoms with Gasteiger partial charge in [0.1, 0.15) is 0 Å². The Morgan fingerprint density at radius 2 is 2.18 bits per heavy atom. The lowest BCUT2D eigenvalue weighted by molar-refractivity contribution is 0.170. The SMILES string of the molecule is COc1ncccc1CN1CCC(CCc2ccsc2)CC1. The number of aromatic nitrogens is 1. The van der Waals surface area contributed by atoms with Crippen LogP contribution < -0.4 is 4.74 Å². The molecular weight excluding hydrogens is 292 g/mol. The van der Waals surface area contributed by atoms with E-state index in [1.54, 1.807) is 24.6 Å². The maximum atomic E-state index is 5.35. The summed E-state index contributed by atoms with van der Waals surface area (Å²) in [6, 6.07) is 6.37. The van der Waals surface area contributed by atoms with E-state index in [1.807, 2.05) is 6.07 Å². The van der Waals surface area contributed by atoms with Crippen LogP contribution in [0.3, 0.4) is 0 Å². The molecule has 0 atom stereocenters. The maximum absolute atomic E-state index is 5.35. The number of thiophene rings is 1. The molecule has 0 aromatic carbocycles. The van der Waals surface area contributed by atoms with Crippen LogP contribution in [-0.2, 0) is 13.0 Å². The van der Waals surface area contributed by atoms with Crippen LogP contribution in [0.4, 0.5) is 0 Å². The number of methoxy groups -OCH3 is 1. The first-order valence-electron chi connectivity index (χ1n) is 8.06. The van der Waals surface area contributed by atoms with Crippen molar-refractivity contribution in [3.8, 4) is 5.88 Å². The van der Waals surface area contributed by atoms with E-state index in [0.29, 0.717) is 0 Å². The molecule has 3 rings (SSSR count). The highest BCUT2D eigenvalue weighted by Gasteiger charge is 2.20. The molecule has 22 heavy (non-hydrogen) atoms. The number of hydrogen-bond acceptors (Lipinski definition) is 4. The number of rotatable bonds is 6. The van der Waals surface area contributed by atoms with Gasteiger partial charge in [0.25, 0.3) is 0 Å². The summed E-state index contributed by atoms with van der Waals surface area (Å²) in [7, 11) is 1.70. The third-order valence-electron chi connectivity index (χ3n) is 4.57. The Bertz CT molecular complexity index is 562. The Hall–Kier alpha value is -1.39. The van der Waals surface area contributed by atoms with Gasteiger partial charge in [0.2, 0.25) is 5.88 Å². The first kappa shape index (κ1) is 15.5. The topological polar surface area (TPSA) is 25.4 Å². The molecule has 1 aliphatic rings. The predicted octanol–water partition coefficient (Wildman–Crippen LogP) is 4.00. The van der Waals surface area contributed by atoms with Gasteiger partial charge in [-0.05, 0) is 73.1 Å². The molecule has 0 radical (unpaired) electrons. The standard InChI is InChI=1S/C18H24N2OS/c1-21-18-17(3-2-9-19-18)13-20-10-6-15(7-11-20)4-5-16-8-12-22-14-16/h2-3,8-9,12,14-15H,4-7,10-11,13H2,1H3. The number of likely N-dealkylation sites (tertiary alicyclic amines) is 1. The van der Waals surface area contributed by atoms with Gasteiger partial charge < -0.3 is 4.74 Å². The van der Waals surface area contributed by atoms with Crippen LogP contribution in [0, 0.1) is 5.92 Å². The Morgan fingerprint density at radius 3 is 2.91 bits per heavy atom. The van der Waals surface area contributed by atoms with Gasteiger partial charge in [0, 0.05) is 18.3 Å². The van der Waals surface area contributed by atoms with Crippen molar-refractivity contribution in [3.63, 3.8) is 0 Å². The molecule has 0 saturated carbocycles. The predicted molar refractivity (Wildman–Crippen MR) is 91.4 cm³/mol. The fourth-order valence-corrected chi connectivity index (χ4v) is 3.91. The van der Waals surface area contributed by atoms with Crippen LogP contribution in [-0.4, -0.2) is 30.1 Å². The minimum absolute atomic E-state index is 0.766. The van der Waals surface area contributed by atoms with E-state index in [2.05, 4.69) is 32.8 Å². The van der Waals surface area contributed by atoms with Gasteiger partial charge >= 0.3 is 0 Å². The fraction of sp³-hybridized carbons (Fsp3) is 0.500. The maximum Gasteiger partial charge on any atom is 0.217 e. The van der Waals surface area contributed by atoms with E-state index < -0.39 is 0 Å². The summed E-state index contributed by atoms with van der Waals surface area (Å²) in [6.45, 7) is 3.33. The van der Waals surface area contributed by atoms with Gasteiger partial charge in [-0.25, -0.2) is 4.98 Å². The lowest BCUT2D eigenvalue weighted by Crippen LogP contribution is -2.33. The molecular formula is C18H24N2OS. The summed E-state index contributed by atoms with van der Waals surface area (Å²) in [5.74, 6) is 1.65. The number of piperidine rings is 1. The normalized spacial score (nSPS) is 16.8. The van der Waals surface area contributed by atoms with Crippen molar-refractivity contribution in [1.82, 2.24) is 9.88 Å². The quantitative estimate of drug-likeness (QED) is 0.805. The van der Waals surface area contributed by atoms with E-state index in [9.17, 15) is 0 Å². The van der Waals surface area contributed by atoms with E-state index in [1.165, 1.54) is 49.9 Å². The summed E-state index contributed by atoms with van der Waals surface area (Å²) < 4.78 is 5.35. The van der Waals surface area contributed by atoms with Crippen molar-refractivity contribution in [2.24, 2.45) is 5.92 Å². The van der Waals surface area contributed by atoms with Crippen molar-refractivity contribution in [3.05, 3.63) is 46.3 Å². The Balaban J connectivity index is 1.45. The number of hydrogen-bond donors (Lipinski definition) is 0. The van der Waals surface area contributed by atoms with Gasteiger partial charge in [-0.1, -0.05) is 6.07 Å². The Morgan fingerprint density at radius 1 is 1.32 bits per heavy atom. The number of ether oxygens (including phenoxy) is 1. The molecule has 3 nitrogen and oxygen atoms in total. The van der Waals surface area contributed by atoms with Gasteiger partial charge in [-0.2, -0.15) is 11.3 Å². The van der Waals surface area contributed by atoms with E-state index in [-0.39, 0.29) is 0 Å².